The average molecular weight is 345 g/mol. The Morgan fingerprint density at radius 2 is 2.08 bits per heavy atom. The van der Waals surface area contributed by atoms with Crippen molar-refractivity contribution in [2.75, 3.05) is 39.0 Å². The average Bonchev–Trinajstić information content (AvgIpc) is 3.17. The molecule has 0 bridgehead atoms. The first kappa shape index (κ1) is 17.0. The zero-order valence-corrected chi connectivity index (χ0v) is 15.1. The molecule has 2 aromatic rings. The quantitative estimate of drug-likeness (QED) is 0.899. The Balaban J connectivity index is 1.55. The van der Waals surface area contributed by atoms with E-state index in [1.165, 1.54) is 16.9 Å². The number of carbonyl (C=O) groups is 1. The molecular weight excluding hydrogens is 322 g/mol. The summed E-state index contributed by atoms with van der Waals surface area (Å²) in [7, 11) is 4.17. The molecule has 1 atom stereocenters. The molecule has 1 aromatic heterocycles. The van der Waals surface area contributed by atoms with Crippen LogP contribution < -0.4 is 5.32 Å². The third kappa shape index (κ3) is 4.17. The molecule has 1 unspecified atom stereocenters. The molecular formula is C17H23N5OS. The second-order valence-corrected chi connectivity index (χ2v) is 7.45. The highest BCUT2D eigenvalue weighted by atomic mass is 32.1. The molecule has 1 N–H and O–H groups in total. The molecule has 1 aliphatic heterocycles. The third-order valence-corrected chi connectivity index (χ3v) is 5.20. The number of amides is 1. The zero-order chi connectivity index (χ0) is 17.1. The lowest BCUT2D eigenvalue weighted by Gasteiger charge is -2.19. The fourth-order valence-corrected chi connectivity index (χ4v) is 3.59. The van der Waals surface area contributed by atoms with Gasteiger partial charge in [0.15, 0.2) is 0 Å². The molecule has 3 rings (SSSR count). The van der Waals surface area contributed by atoms with E-state index in [0.717, 1.165) is 30.1 Å². The molecule has 1 saturated heterocycles. The molecule has 2 heterocycles. The third-order valence-electron chi connectivity index (χ3n) is 4.31. The van der Waals surface area contributed by atoms with Crippen molar-refractivity contribution in [3.8, 4) is 10.6 Å². The molecule has 128 valence electrons. The fourth-order valence-electron chi connectivity index (χ4n) is 2.83. The molecule has 24 heavy (non-hydrogen) atoms. The van der Waals surface area contributed by atoms with Crippen LogP contribution in [0.5, 0.6) is 0 Å². The summed E-state index contributed by atoms with van der Waals surface area (Å²) in [5, 5.41) is 12.5. The van der Waals surface area contributed by atoms with Gasteiger partial charge in [0.25, 0.3) is 0 Å². The van der Waals surface area contributed by atoms with Crippen molar-refractivity contribution < 1.29 is 4.79 Å². The van der Waals surface area contributed by atoms with E-state index >= 15 is 0 Å². The van der Waals surface area contributed by atoms with Crippen LogP contribution in [-0.4, -0.2) is 65.7 Å². The summed E-state index contributed by atoms with van der Waals surface area (Å²) >= 11 is 1.40. The van der Waals surface area contributed by atoms with Crippen LogP contribution in [0.1, 0.15) is 12.0 Å². The molecule has 6 nitrogen and oxygen atoms in total. The Hall–Kier alpha value is -1.83. The number of nitrogens with zero attached hydrogens (tertiary/aromatic N) is 4. The second-order valence-electron chi connectivity index (χ2n) is 6.47. The van der Waals surface area contributed by atoms with E-state index in [2.05, 4.69) is 46.3 Å². The highest BCUT2D eigenvalue weighted by Crippen LogP contribution is 2.26. The lowest BCUT2D eigenvalue weighted by molar-refractivity contribution is -0.117. The van der Waals surface area contributed by atoms with E-state index in [1.807, 2.05) is 24.3 Å². The minimum atomic E-state index is -0.0268. The molecule has 1 fully saturated rings. The van der Waals surface area contributed by atoms with Crippen LogP contribution in [0.25, 0.3) is 10.6 Å². The second kappa shape index (κ2) is 7.38. The van der Waals surface area contributed by atoms with Crippen LogP contribution in [0.3, 0.4) is 0 Å². The van der Waals surface area contributed by atoms with Crippen LogP contribution in [-0.2, 0) is 4.79 Å². The van der Waals surface area contributed by atoms with Gasteiger partial charge in [0.2, 0.25) is 11.0 Å². The fraction of sp³-hybridized carbons (Fsp3) is 0.471. The number of anilines is 1. The normalized spacial score (nSPS) is 18.2. The van der Waals surface area contributed by atoms with Crippen LogP contribution in [0.4, 0.5) is 5.13 Å². The highest BCUT2D eigenvalue weighted by molar-refractivity contribution is 7.18. The van der Waals surface area contributed by atoms with Gasteiger partial charge in [-0.25, -0.2) is 0 Å². The molecule has 1 amide bonds. The van der Waals surface area contributed by atoms with E-state index < -0.39 is 0 Å². The number of benzene rings is 1. The Labute approximate surface area is 146 Å². The van der Waals surface area contributed by atoms with Crippen LogP contribution in [0, 0.1) is 6.92 Å². The van der Waals surface area contributed by atoms with Crippen molar-refractivity contribution in [3.63, 3.8) is 0 Å². The highest BCUT2D eigenvalue weighted by Gasteiger charge is 2.25. The first-order chi connectivity index (χ1) is 11.5. The van der Waals surface area contributed by atoms with Gasteiger partial charge in [-0.1, -0.05) is 41.2 Å². The molecule has 1 aliphatic rings. The summed E-state index contributed by atoms with van der Waals surface area (Å²) in [6, 6.07) is 8.67. The minimum absolute atomic E-state index is 0.0268. The van der Waals surface area contributed by atoms with Crippen molar-refractivity contribution in [3.05, 3.63) is 29.8 Å². The van der Waals surface area contributed by atoms with Crippen LogP contribution >= 0.6 is 11.3 Å². The number of aromatic nitrogens is 2. The lowest BCUT2D eigenvalue weighted by atomic mass is 10.2. The van der Waals surface area contributed by atoms with Crippen LogP contribution in [0.2, 0.25) is 0 Å². The Kier molecular flexibility index (Phi) is 5.23. The SMILES string of the molecule is Cc1ccc(-c2nnc(NC(=O)CN3CCC(N(C)C)C3)s2)cc1. The zero-order valence-electron chi connectivity index (χ0n) is 14.3. The van der Waals surface area contributed by atoms with Gasteiger partial charge < -0.3 is 4.90 Å². The minimum Gasteiger partial charge on any atom is -0.305 e. The van der Waals surface area contributed by atoms with Gasteiger partial charge in [-0.15, -0.1) is 10.2 Å². The van der Waals surface area contributed by atoms with E-state index in [0.29, 0.717) is 17.7 Å². The molecule has 0 spiro atoms. The predicted molar refractivity (Wildman–Crippen MR) is 97.2 cm³/mol. The van der Waals surface area contributed by atoms with Gasteiger partial charge in [0.05, 0.1) is 6.54 Å². The van der Waals surface area contributed by atoms with Gasteiger partial charge >= 0.3 is 0 Å². The maximum Gasteiger partial charge on any atom is 0.240 e. The Bertz CT molecular complexity index is 697. The van der Waals surface area contributed by atoms with E-state index in [9.17, 15) is 4.79 Å². The maximum atomic E-state index is 12.2. The van der Waals surface area contributed by atoms with Crippen molar-refractivity contribution in [2.45, 2.75) is 19.4 Å². The number of hydrogen-bond donors (Lipinski definition) is 1. The van der Waals surface area contributed by atoms with Gasteiger partial charge in [-0.3, -0.25) is 15.0 Å². The van der Waals surface area contributed by atoms with Gasteiger partial charge in [-0.2, -0.15) is 0 Å². The summed E-state index contributed by atoms with van der Waals surface area (Å²) in [5.74, 6) is -0.0268. The molecule has 0 aliphatic carbocycles. The predicted octanol–water partition coefficient (Wildman–Crippen LogP) is 2.09. The van der Waals surface area contributed by atoms with E-state index in [4.69, 9.17) is 0 Å². The molecule has 0 saturated carbocycles. The molecule has 7 heteroatoms. The topological polar surface area (TPSA) is 61.4 Å². The molecule has 0 radical (unpaired) electrons. The van der Waals surface area contributed by atoms with Gasteiger partial charge in [0, 0.05) is 24.7 Å². The summed E-state index contributed by atoms with van der Waals surface area (Å²) in [6.07, 6.45) is 1.11. The summed E-state index contributed by atoms with van der Waals surface area (Å²) in [4.78, 5) is 16.6. The summed E-state index contributed by atoms with van der Waals surface area (Å²) in [5.41, 5.74) is 2.23. The van der Waals surface area contributed by atoms with E-state index in [1.54, 1.807) is 0 Å². The first-order valence-corrected chi connectivity index (χ1v) is 8.92. The number of likely N-dealkylation sites (N-methyl/N-ethyl adjacent to an activating group) is 1. The number of nitrogens with one attached hydrogen (secondary N) is 1. The number of carbonyl (C=O) groups excluding carboxylic acids is 1. The van der Waals surface area contributed by atoms with Crippen LogP contribution in [0.15, 0.2) is 24.3 Å². The largest absolute Gasteiger partial charge is 0.305 e. The van der Waals surface area contributed by atoms with Crippen molar-refractivity contribution in [2.24, 2.45) is 0 Å². The Morgan fingerprint density at radius 3 is 2.75 bits per heavy atom. The summed E-state index contributed by atoms with van der Waals surface area (Å²) < 4.78 is 0. The smallest absolute Gasteiger partial charge is 0.240 e. The number of hydrogen-bond acceptors (Lipinski definition) is 6. The first-order valence-electron chi connectivity index (χ1n) is 8.10. The maximum absolute atomic E-state index is 12.2. The number of likely N-dealkylation sites (tertiary alicyclic amines) is 1. The van der Waals surface area contributed by atoms with E-state index in [-0.39, 0.29) is 5.91 Å². The van der Waals surface area contributed by atoms with Crippen molar-refractivity contribution in [1.29, 1.82) is 0 Å². The Morgan fingerprint density at radius 1 is 1.33 bits per heavy atom. The number of aryl methyl sites for hydroxylation is 1. The van der Waals surface area contributed by atoms with Gasteiger partial charge in [-0.05, 0) is 27.4 Å². The monoisotopic (exact) mass is 345 g/mol. The standard InChI is InChI=1S/C17H23N5OS/c1-12-4-6-13(7-5-12)16-19-20-17(24-16)18-15(23)11-22-9-8-14(10-22)21(2)3/h4-7,14H,8-11H2,1-3H3,(H,18,20,23). The molecule has 1 aromatic carbocycles. The number of rotatable bonds is 5. The summed E-state index contributed by atoms with van der Waals surface area (Å²) in [6.45, 7) is 4.35. The lowest BCUT2D eigenvalue weighted by Crippen LogP contribution is -2.35. The van der Waals surface area contributed by atoms with Crippen molar-refractivity contribution >= 4 is 22.4 Å². The van der Waals surface area contributed by atoms with Gasteiger partial charge in [0.1, 0.15) is 5.01 Å². The van der Waals surface area contributed by atoms with Crippen molar-refractivity contribution in [1.82, 2.24) is 20.0 Å².